The average Bonchev–Trinajstić information content (AvgIpc) is 2.88. The smallest absolute Gasteiger partial charge is 0.165 e. The highest BCUT2D eigenvalue weighted by Gasteiger charge is 2.08. The zero-order valence-electron chi connectivity index (χ0n) is 9.86. The Morgan fingerprint density at radius 3 is 2.82 bits per heavy atom. The first-order valence-electron chi connectivity index (χ1n) is 5.27. The topological polar surface area (TPSA) is 59.2 Å². The molecule has 0 atom stereocenters. The number of nitrogens with zero attached hydrogens (tertiary/aromatic N) is 1. The highest BCUT2D eigenvalue weighted by atomic mass is 16.5. The summed E-state index contributed by atoms with van der Waals surface area (Å²) in [6.07, 6.45) is 3.53. The van der Waals surface area contributed by atoms with Crippen LogP contribution in [-0.2, 0) is 6.54 Å². The second-order valence-electron chi connectivity index (χ2n) is 3.49. The third-order valence-corrected chi connectivity index (χ3v) is 2.47. The molecule has 2 N–H and O–H groups in total. The largest absolute Gasteiger partial charge is 0.493 e. The second kappa shape index (κ2) is 5.25. The number of rotatable bonds is 5. The Hall–Kier alpha value is -2.17. The van der Waals surface area contributed by atoms with E-state index in [0.29, 0.717) is 6.54 Å². The Labute approximate surface area is 99.8 Å². The fourth-order valence-electron chi connectivity index (χ4n) is 1.64. The van der Waals surface area contributed by atoms with Crippen molar-refractivity contribution >= 4 is 5.69 Å². The molecule has 0 spiro atoms. The van der Waals surface area contributed by atoms with Gasteiger partial charge in [0, 0.05) is 18.3 Å². The van der Waals surface area contributed by atoms with Crippen LogP contribution in [0, 0.1) is 0 Å². The van der Waals surface area contributed by atoms with Crippen LogP contribution in [-0.4, -0.2) is 24.4 Å². The Morgan fingerprint density at radius 2 is 2.18 bits per heavy atom. The predicted molar refractivity (Wildman–Crippen MR) is 65.5 cm³/mol. The van der Waals surface area contributed by atoms with Gasteiger partial charge in [-0.05, 0) is 6.07 Å². The average molecular weight is 233 g/mol. The van der Waals surface area contributed by atoms with Gasteiger partial charge >= 0.3 is 0 Å². The monoisotopic (exact) mass is 233 g/mol. The summed E-state index contributed by atoms with van der Waals surface area (Å²) < 4.78 is 10.6. The molecule has 0 aliphatic rings. The van der Waals surface area contributed by atoms with Crippen LogP contribution in [0.5, 0.6) is 11.5 Å². The standard InChI is InChI=1S/C12H15N3O2/c1-16-11-5-3-4-9(12(11)17-2)6-13-10-7-14-15-8-10/h3-5,7-8,13H,6H2,1-2H3,(H,14,15). The molecule has 0 amide bonds. The number of aromatic nitrogens is 2. The molecule has 0 aliphatic carbocycles. The van der Waals surface area contributed by atoms with Crippen LogP contribution < -0.4 is 14.8 Å². The molecule has 1 aromatic carbocycles. The van der Waals surface area contributed by atoms with E-state index >= 15 is 0 Å². The van der Waals surface area contributed by atoms with E-state index < -0.39 is 0 Å². The van der Waals surface area contributed by atoms with Gasteiger partial charge in [-0.3, -0.25) is 5.10 Å². The molecule has 1 heterocycles. The van der Waals surface area contributed by atoms with E-state index in [-0.39, 0.29) is 0 Å². The molecule has 1 aromatic heterocycles. The van der Waals surface area contributed by atoms with Crippen molar-refractivity contribution in [2.75, 3.05) is 19.5 Å². The van der Waals surface area contributed by atoms with E-state index in [1.807, 2.05) is 18.2 Å². The van der Waals surface area contributed by atoms with Crippen LogP contribution in [0.2, 0.25) is 0 Å². The fraction of sp³-hybridized carbons (Fsp3) is 0.250. The van der Waals surface area contributed by atoms with Crippen molar-refractivity contribution in [3.05, 3.63) is 36.2 Å². The van der Waals surface area contributed by atoms with Crippen molar-refractivity contribution in [2.24, 2.45) is 0 Å². The predicted octanol–water partition coefficient (Wildman–Crippen LogP) is 2.04. The summed E-state index contributed by atoms with van der Waals surface area (Å²) in [4.78, 5) is 0. The molecule has 0 saturated heterocycles. The van der Waals surface area contributed by atoms with Gasteiger partial charge < -0.3 is 14.8 Å². The van der Waals surface area contributed by atoms with Crippen molar-refractivity contribution in [1.29, 1.82) is 0 Å². The lowest BCUT2D eigenvalue weighted by Crippen LogP contribution is -2.02. The summed E-state index contributed by atoms with van der Waals surface area (Å²) in [6, 6.07) is 5.81. The first-order chi connectivity index (χ1) is 8.35. The molecule has 0 bridgehead atoms. The lowest BCUT2D eigenvalue weighted by atomic mass is 10.2. The maximum atomic E-state index is 5.35. The Morgan fingerprint density at radius 1 is 1.29 bits per heavy atom. The Kier molecular flexibility index (Phi) is 3.49. The minimum atomic E-state index is 0.653. The van der Waals surface area contributed by atoms with Gasteiger partial charge in [0.1, 0.15) is 0 Å². The lowest BCUT2D eigenvalue weighted by molar-refractivity contribution is 0.352. The van der Waals surface area contributed by atoms with Gasteiger partial charge in [0.25, 0.3) is 0 Å². The van der Waals surface area contributed by atoms with Crippen molar-refractivity contribution in [3.63, 3.8) is 0 Å². The summed E-state index contributed by atoms with van der Waals surface area (Å²) in [5, 5.41) is 9.85. The van der Waals surface area contributed by atoms with E-state index in [1.165, 1.54) is 0 Å². The van der Waals surface area contributed by atoms with Crippen LogP contribution in [0.15, 0.2) is 30.6 Å². The molecule has 0 fully saturated rings. The summed E-state index contributed by atoms with van der Waals surface area (Å²) >= 11 is 0. The van der Waals surface area contributed by atoms with Gasteiger partial charge in [0.2, 0.25) is 0 Å². The van der Waals surface area contributed by atoms with E-state index in [4.69, 9.17) is 9.47 Å². The number of nitrogens with one attached hydrogen (secondary N) is 2. The molecular weight excluding hydrogens is 218 g/mol. The van der Waals surface area contributed by atoms with Gasteiger partial charge in [-0.2, -0.15) is 5.10 Å². The molecule has 2 aromatic rings. The normalized spacial score (nSPS) is 10.0. The lowest BCUT2D eigenvalue weighted by Gasteiger charge is -2.12. The fourth-order valence-corrected chi connectivity index (χ4v) is 1.64. The van der Waals surface area contributed by atoms with Crippen LogP contribution in [0.1, 0.15) is 5.56 Å². The number of hydrogen-bond donors (Lipinski definition) is 2. The Bertz CT molecular complexity index is 469. The van der Waals surface area contributed by atoms with Crippen LogP contribution in [0.3, 0.4) is 0 Å². The Balaban J connectivity index is 2.14. The third-order valence-electron chi connectivity index (χ3n) is 2.47. The first-order valence-corrected chi connectivity index (χ1v) is 5.27. The molecule has 0 unspecified atom stereocenters. The second-order valence-corrected chi connectivity index (χ2v) is 3.49. The maximum Gasteiger partial charge on any atom is 0.165 e. The summed E-state index contributed by atoms with van der Waals surface area (Å²) in [6.45, 7) is 0.653. The van der Waals surface area contributed by atoms with Gasteiger partial charge in [-0.15, -0.1) is 0 Å². The van der Waals surface area contributed by atoms with Gasteiger partial charge in [-0.1, -0.05) is 12.1 Å². The summed E-state index contributed by atoms with van der Waals surface area (Å²) in [5.41, 5.74) is 1.97. The van der Waals surface area contributed by atoms with Crippen molar-refractivity contribution in [1.82, 2.24) is 10.2 Å². The number of methoxy groups -OCH3 is 2. The zero-order chi connectivity index (χ0) is 12.1. The molecule has 0 aliphatic heterocycles. The van der Waals surface area contributed by atoms with E-state index in [9.17, 15) is 0 Å². The molecule has 0 saturated carbocycles. The van der Waals surface area contributed by atoms with E-state index in [2.05, 4.69) is 15.5 Å². The molecule has 17 heavy (non-hydrogen) atoms. The molecule has 5 nitrogen and oxygen atoms in total. The quantitative estimate of drug-likeness (QED) is 0.829. The van der Waals surface area contributed by atoms with Crippen LogP contribution in [0.4, 0.5) is 5.69 Å². The number of ether oxygens (including phenoxy) is 2. The zero-order valence-corrected chi connectivity index (χ0v) is 9.86. The molecule has 90 valence electrons. The maximum absolute atomic E-state index is 5.35. The van der Waals surface area contributed by atoms with Gasteiger partial charge in [0.05, 0.1) is 26.1 Å². The van der Waals surface area contributed by atoms with E-state index in [0.717, 1.165) is 22.7 Å². The number of benzene rings is 1. The number of anilines is 1. The van der Waals surface area contributed by atoms with Crippen molar-refractivity contribution < 1.29 is 9.47 Å². The minimum Gasteiger partial charge on any atom is -0.493 e. The molecule has 2 rings (SSSR count). The van der Waals surface area contributed by atoms with Crippen LogP contribution in [0.25, 0.3) is 0 Å². The first kappa shape index (κ1) is 11.3. The molecule has 0 radical (unpaired) electrons. The minimum absolute atomic E-state index is 0.653. The summed E-state index contributed by atoms with van der Waals surface area (Å²) in [7, 11) is 3.27. The summed E-state index contributed by atoms with van der Waals surface area (Å²) in [5.74, 6) is 1.49. The van der Waals surface area contributed by atoms with E-state index in [1.54, 1.807) is 26.6 Å². The number of para-hydroxylation sites is 1. The molecular formula is C12H15N3O2. The van der Waals surface area contributed by atoms with Crippen LogP contribution >= 0.6 is 0 Å². The van der Waals surface area contributed by atoms with Crippen molar-refractivity contribution in [2.45, 2.75) is 6.54 Å². The van der Waals surface area contributed by atoms with Gasteiger partial charge in [-0.25, -0.2) is 0 Å². The number of aromatic amines is 1. The number of H-pyrrole nitrogens is 1. The third kappa shape index (κ3) is 2.50. The number of hydrogen-bond acceptors (Lipinski definition) is 4. The highest BCUT2D eigenvalue weighted by molar-refractivity contribution is 5.48. The molecule has 5 heteroatoms. The van der Waals surface area contributed by atoms with Crippen molar-refractivity contribution in [3.8, 4) is 11.5 Å². The highest BCUT2D eigenvalue weighted by Crippen LogP contribution is 2.30. The van der Waals surface area contributed by atoms with Gasteiger partial charge in [0.15, 0.2) is 11.5 Å². The SMILES string of the molecule is COc1cccc(CNc2cn[nH]c2)c1OC.